The maximum absolute atomic E-state index is 12.8. The molecule has 0 aromatic carbocycles. The second-order valence-corrected chi connectivity index (χ2v) is 9.37. The van der Waals surface area contributed by atoms with Crippen molar-refractivity contribution in [2.45, 2.75) is 50.8 Å². The fourth-order valence-electron chi connectivity index (χ4n) is 4.98. The van der Waals surface area contributed by atoms with Crippen LogP contribution in [0.2, 0.25) is 0 Å². The quantitative estimate of drug-likeness (QED) is 0.458. The highest BCUT2D eigenvalue weighted by Gasteiger charge is 2.54. The van der Waals surface area contributed by atoms with Crippen LogP contribution in [0, 0.1) is 17.3 Å². The van der Waals surface area contributed by atoms with Gasteiger partial charge in [0.1, 0.15) is 12.0 Å². The van der Waals surface area contributed by atoms with Crippen molar-refractivity contribution < 1.29 is 32.3 Å². The summed E-state index contributed by atoms with van der Waals surface area (Å²) in [7, 11) is 0. The van der Waals surface area contributed by atoms with Crippen molar-refractivity contribution in [3.63, 3.8) is 0 Å². The summed E-state index contributed by atoms with van der Waals surface area (Å²) >= 11 is 0. The number of hydrogen-bond acceptors (Lipinski definition) is 5. The van der Waals surface area contributed by atoms with Crippen LogP contribution in [0.15, 0.2) is 30.6 Å². The van der Waals surface area contributed by atoms with E-state index < -0.39 is 24.6 Å². The van der Waals surface area contributed by atoms with E-state index in [4.69, 9.17) is 4.74 Å². The number of aromatic nitrogens is 1. The van der Waals surface area contributed by atoms with Gasteiger partial charge in [0.2, 0.25) is 5.91 Å². The Balaban J connectivity index is 1.17. The average molecular weight is 479 g/mol. The Hall–Kier alpha value is -2.91. The van der Waals surface area contributed by atoms with Crippen LogP contribution >= 0.6 is 0 Å². The molecule has 3 aliphatic rings. The summed E-state index contributed by atoms with van der Waals surface area (Å²) < 4.78 is 44.2. The number of carbonyl (C=O) groups is 3. The smallest absolute Gasteiger partial charge is 0.395 e. The largest absolute Gasteiger partial charge is 0.480 e. The summed E-state index contributed by atoms with van der Waals surface area (Å²) in [4.78, 5) is 41.1. The molecule has 3 unspecified atom stereocenters. The number of halogens is 3. The van der Waals surface area contributed by atoms with Gasteiger partial charge in [0, 0.05) is 56.9 Å². The first-order valence-corrected chi connectivity index (χ1v) is 11.5. The maximum atomic E-state index is 12.8. The topological polar surface area (TPSA) is 88.6 Å². The zero-order chi connectivity index (χ0) is 24.3. The Kier molecular flexibility index (Phi) is 6.95. The summed E-state index contributed by atoms with van der Waals surface area (Å²) in [5, 5.41) is 3.00. The van der Waals surface area contributed by atoms with Crippen molar-refractivity contribution in [2.24, 2.45) is 17.3 Å². The number of carbonyl (C=O) groups excluding carboxylic acids is 3. The predicted molar refractivity (Wildman–Crippen MR) is 116 cm³/mol. The molecule has 0 radical (unpaired) electrons. The van der Waals surface area contributed by atoms with E-state index in [1.54, 1.807) is 23.4 Å². The van der Waals surface area contributed by atoms with Crippen LogP contribution in [0.25, 0.3) is 0 Å². The number of allylic oxidation sites excluding steroid dienone is 1. The highest BCUT2D eigenvalue weighted by Crippen LogP contribution is 2.59. The minimum absolute atomic E-state index is 0.114. The van der Waals surface area contributed by atoms with E-state index >= 15 is 0 Å². The Morgan fingerprint density at radius 2 is 2.09 bits per heavy atom. The number of likely N-dealkylation sites (tertiary alicyclic amines) is 1. The molecule has 0 bridgehead atoms. The fourth-order valence-corrected chi connectivity index (χ4v) is 4.98. The van der Waals surface area contributed by atoms with E-state index in [9.17, 15) is 27.6 Å². The van der Waals surface area contributed by atoms with Crippen molar-refractivity contribution in [2.75, 3.05) is 19.6 Å². The number of aldehydes is 1. The molecule has 34 heavy (non-hydrogen) atoms. The van der Waals surface area contributed by atoms with E-state index in [1.807, 2.05) is 0 Å². The number of rotatable bonds is 8. The van der Waals surface area contributed by atoms with Gasteiger partial charge in [-0.3, -0.25) is 14.6 Å². The van der Waals surface area contributed by atoms with Crippen LogP contribution in [0.3, 0.4) is 0 Å². The molecule has 1 N–H and O–H groups in total. The van der Waals surface area contributed by atoms with Gasteiger partial charge in [-0.1, -0.05) is 12.2 Å². The van der Waals surface area contributed by atoms with E-state index in [2.05, 4.69) is 10.3 Å². The number of nitrogens with one attached hydrogen (secondary N) is 1. The first-order chi connectivity index (χ1) is 16.2. The Morgan fingerprint density at radius 1 is 1.32 bits per heavy atom. The highest BCUT2D eigenvalue weighted by molar-refractivity contribution is 5.82. The minimum atomic E-state index is -4.50. The van der Waals surface area contributed by atoms with Crippen LogP contribution in [-0.2, 0) is 20.8 Å². The lowest BCUT2D eigenvalue weighted by atomic mass is 9.90. The van der Waals surface area contributed by atoms with Gasteiger partial charge in [0.25, 0.3) is 5.91 Å². The summed E-state index contributed by atoms with van der Waals surface area (Å²) in [6, 6.07) is 1.75. The molecule has 184 valence electrons. The zero-order valence-corrected chi connectivity index (χ0v) is 18.7. The van der Waals surface area contributed by atoms with Crippen molar-refractivity contribution in [1.82, 2.24) is 15.2 Å². The number of alkyl halides is 3. The molecule has 2 amide bonds. The second kappa shape index (κ2) is 9.76. The molecule has 7 nitrogen and oxygen atoms in total. The molecule has 4 rings (SSSR count). The second-order valence-electron chi connectivity index (χ2n) is 9.37. The normalized spacial score (nSPS) is 23.9. The van der Waals surface area contributed by atoms with Crippen molar-refractivity contribution in [1.29, 1.82) is 0 Å². The molecule has 1 aromatic rings. The van der Waals surface area contributed by atoms with Crippen molar-refractivity contribution in [3.05, 3.63) is 36.2 Å². The molecule has 1 spiro atoms. The summed E-state index contributed by atoms with van der Waals surface area (Å²) in [5.41, 5.74) is 1.05. The van der Waals surface area contributed by atoms with Gasteiger partial charge < -0.3 is 19.7 Å². The maximum Gasteiger partial charge on any atom is 0.395 e. The third-order valence-electron chi connectivity index (χ3n) is 7.25. The molecule has 2 fully saturated rings. The van der Waals surface area contributed by atoms with Gasteiger partial charge in [0.05, 0.1) is 5.92 Å². The van der Waals surface area contributed by atoms with Crippen LogP contribution in [-0.4, -0.2) is 59.9 Å². The lowest BCUT2D eigenvalue weighted by Crippen LogP contribution is -2.41. The molecule has 1 aliphatic carbocycles. The SMILES string of the molecule is O=CCC(/C=C/CC(=O)N1CCC2(CC1)CC2CNC(=O)C1Cc2cnccc2O1)C(F)(F)F. The van der Waals surface area contributed by atoms with Crippen molar-refractivity contribution >= 4 is 18.1 Å². The lowest BCUT2D eigenvalue weighted by Gasteiger charge is -2.33. The van der Waals surface area contributed by atoms with Crippen LogP contribution < -0.4 is 10.1 Å². The first kappa shape index (κ1) is 24.2. The average Bonchev–Trinajstić information content (AvgIpc) is 3.27. The summed E-state index contributed by atoms with van der Waals surface area (Å²) in [5.74, 6) is -1.15. The van der Waals surface area contributed by atoms with Crippen LogP contribution in [0.4, 0.5) is 13.2 Å². The molecular formula is C24H28F3N3O4. The third kappa shape index (κ3) is 5.42. The predicted octanol–water partition coefficient (Wildman–Crippen LogP) is 2.84. The van der Waals surface area contributed by atoms with Gasteiger partial charge >= 0.3 is 6.18 Å². The molecule has 1 aromatic heterocycles. The number of hydrogen-bond donors (Lipinski definition) is 1. The standard InChI is InChI=1S/C24H28F3N3O4/c25-24(26,27)17(5-11-31)2-1-3-21(32)30-9-6-23(7-10-30)13-18(23)15-29-22(33)20-12-16-14-28-8-4-19(16)34-20/h1-2,4,8,11,14,17-18,20H,3,5-7,9-10,12-13,15H2,(H,29,33)/b2-1+. The number of ether oxygens (including phenoxy) is 1. The highest BCUT2D eigenvalue weighted by atomic mass is 19.4. The molecule has 3 atom stereocenters. The summed E-state index contributed by atoms with van der Waals surface area (Å²) in [6.45, 7) is 1.68. The third-order valence-corrected chi connectivity index (χ3v) is 7.25. The van der Waals surface area contributed by atoms with Crippen molar-refractivity contribution in [3.8, 4) is 5.75 Å². The molecule has 10 heteroatoms. The van der Waals surface area contributed by atoms with Crippen LogP contribution in [0.5, 0.6) is 5.75 Å². The first-order valence-electron chi connectivity index (χ1n) is 11.5. The Bertz CT molecular complexity index is 932. The van der Waals surface area contributed by atoms with Gasteiger partial charge in [-0.2, -0.15) is 13.2 Å². The number of piperidine rings is 1. The van der Waals surface area contributed by atoms with E-state index in [0.29, 0.717) is 37.7 Å². The number of fused-ring (bicyclic) bond motifs is 1. The lowest BCUT2D eigenvalue weighted by molar-refractivity contribution is -0.163. The fraction of sp³-hybridized carbons (Fsp3) is 0.583. The van der Waals surface area contributed by atoms with Gasteiger partial charge in [0.15, 0.2) is 6.10 Å². The van der Waals surface area contributed by atoms with Gasteiger partial charge in [-0.15, -0.1) is 0 Å². The number of nitrogens with zero attached hydrogens (tertiary/aromatic N) is 2. The number of amides is 2. The Labute approximate surface area is 195 Å². The van der Waals surface area contributed by atoms with Crippen LogP contribution in [0.1, 0.15) is 37.7 Å². The monoisotopic (exact) mass is 479 g/mol. The molecule has 1 saturated heterocycles. The number of pyridine rings is 1. The molecular weight excluding hydrogens is 451 g/mol. The minimum Gasteiger partial charge on any atom is -0.480 e. The van der Waals surface area contributed by atoms with E-state index in [1.165, 1.54) is 6.08 Å². The van der Waals surface area contributed by atoms with Gasteiger partial charge in [-0.05, 0) is 36.7 Å². The van der Waals surface area contributed by atoms with E-state index in [0.717, 1.165) is 30.9 Å². The zero-order valence-electron chi connectivity index (χ0n) is 18.7. The molecule has 3 heterocycles. The Morgan fingerprint density at radius 3 is 2.76 bits per heavy atom. The van der Waals surface area contributed by atoms with Gasteiger partial charge in [-0.25, -0.2) is 0 Å². The molecule has 1 saturated carbocycles. The summed E-state index contributed by atoms with van der Waals surface area (Å²) in [6.07, 6.45) is 3.03. The molecule has 2 aliphatic heterocycles. The van der Waals surface area contributed by atoms with E-state index in [-0.39, 0.29) is 29.9 Å².